The third kappa shape index (κ3) is 3.79. The average Bonchev–Trinajstić information content (AvgIpc) is 2.44. The summed E-state index contributed by atoms with van der Waals surface area (Å²) in [4.78, 5) is 0. The van der Waals surface area contributed by atoms with E-state index in [-0.39, 0.29) is 11.9 Å². The van der Waals surface area contributed by atoms with Crippen LogP contribution in [0.1, 0.15) is 29.7 Å². The predicted molar refractivity (Wildman–Crippen MR) is 90.4 cm³/mol. The topological polar surface area (TPSA) is 12.0 Å². The molecule has 2 aromatic carbocycles. The van der Waals surface area contributed by atoms with Crippen molar-refractivity contribution in [2.45, 2.75) is 26.3 Å². The molecule has 0 aliphatic heterocycles. The Balaban J connectivity index is 2.26. The number of hydrogen-bond donors (Lipinski definition) is 1. The molecule has 0 bridgehead atoms. The Labute approximate surface area is 133 Å². The highest BCUT2D eigenvalue weighted by Crippen LogP contribution is 2.26. The van der Waals surface area contributed by atoms with Gasteiger partial charge in [-0.05, 0) is 71.3 Å². The lowest BCUT2D eigenvalue weighted by Gasteiger charge is -2.21. The van der Waals surface area contributed by atoms with E-state index in [1.165, 1.54) is 26.8 Å². The second-order valence-corrected chi connectivity index (χ2v) is 6.00. The van der Waals surface area contributed by atoms with Gasteiger partial charge in [-0.25, -0.2) is 4.39 Å². The molecular weight excluding hydrogens is 364 g/mol. The first-order chi connectivity index (χ1) is 9.61. The second-order valence-electron chi connectivity index (χ2n) is 4.92. The number of rotatable bonds is 5. The Bertz CT molecular complexity index is 566. The van der Waals surface area contributed by atoms with Gasteiger partial charge in [-0.15, -0.1) is 0 Å². The van der Waals surface area contributed by atoms with Crippen molar-refractivity contribution >= 4 is 22.6 Å². The predicted octanol–water partition coefficient (Wildman–Crippen LogP) is 4.63. The summed E-state index contributed by atoms with van der Waals surface area (Å²) in [7, 11) is 0. The van der Waals surface area contributed by atoms with Gasteiger partial charge in [0.1, 0.15) is 5.82 Å². The van der Waals surface area contributed by atoms with Gasteiger partial charge >= 0.3 is 0 Å². The van der Waals surface area contributed by atoms with E-state index in [4.69, 9.17) is 0 Å². The fraction of sp³-hybridized carbons (Fsp3) is 0.294. The molecule has 0 aromatic heterocycles. The van der Waals surface area contributed by atoms with Crippen molar-refractivity contribution in [1.29, 1.82) is 0 Å². The largest absolute Gasteiger partial charge is 0.310 e. The van der Waals surface area contributed by atoms with Crippen LogP contribution >= 0.6 is 22.6 Å². The summed E-state index contributed by atoms with van der Waals surface area (Å²) in [6.45, 7) is 5.16. The molecule has 2 rings (SSSR count). The summed E-state index contributed by atoms with van der Waals surface area (Å²) < 4.78 is 14.3. The molecule has 3 heteroatoms. The molecule has 0 aliphatic rings. The minimum atomic E-state index is -0.182. The molecule has 0 radical (unpaired) electrons. The van der Waals surface area contributed by atoms with Crippen molar-refractivity contribution in [2.75, 3.05) is 6.54 Å². The Kier molecular flexibility index (Phi) is 5.54. The maximum Gasteiger partial charge on any atom is 0.123 e. The zero-order chi connectivity index (χ0) is 14.5. The van der Waals surface area contributed by atoms with Gasteiger partial charge in [-0.1, -0.05) is 37.3 Å². The molecule has 0 saturated heterocycles. The highest BCUT2D eigenvalue weighted by molar-refractivity contribution is 14.1. The van der Waals surface area contributed by atoms with Crippen LogP contribution in [0.25, 0.3) is 0 Å². The molecule has 1 nitrogen and oxygen atoms in total. The van der Waals surface area contributed by atoms with Crippen LogP contribution < -0.4 is 5.32 Å². The van der Waals surface area contributed by atoms with Crippen LogP contribution in [0.5, 0.6) is 0 Å². The number of halogens is 2. The summed E-state index contributed by atoms with van der Waals surface area (Å²) in [6, 6.07) is 13.4. The molecule has 0 aliphatic carbocycles. The van der Waals surface area contributed by atoms with Crippen molar-refractivity contribution < 1.29 is 4.39 Å². The van der Waals surface area contributed by atoms with Crippen LogP contribution in [-0.2, 0) is 6.42 Å². The minimum Gasteiger partial charge on any atom is -0.310 e. The van der Waals surface area contributed by atoms with Gasteiger partial charge in [0.25, 0.3) is 0 Å². The zero-order valence-electron chi connectivity index (χ0n) is 11.8. The van der Waals surface area contributed by atoms with Crippen molar-refractivity contribution in [2.24, 2.45) is 0 Å². The molecule has 106 valence electrons. The van der Waals surface area contributed by atoms with E-state index in [9.17, 15) is 4.39 Å². The van der Waals surface area contributed by atoms with E-state index < -0.39 is 0 Å². The number of hydrogen-bond acceptors (Lipinski definition) is 1. The molecular formula is C17H19FIN. The molecule has 0 fully saturated rings. The molecule has 0 heterocycles. The van der Waals surface area contributed by atoms with Crippen LogP contribution in [0.3, 0.4) is 0 Å². The van der Waals surface area contributed by atoms with Gasteiger partial charge in [0, 0.05) is 9.61 Å². The first-order valence-corrected chi connectivity index (χ1v) is 7.92. The third-order valence-electron chi connectivity index (χ3n) is 3.40. The van der Waals surface area contributed by atoms with Crippen LogP contribution in [0.2, 0.25) is 0 Å². The lowest BCUT2D eigenvalue weighted by atomic mass is 9.97. The van der Waals surface area contributed by atoms with E-state index in [1.807, 2.05) is 12.1 Å². The van der Waals surface area contributed by atoms with Crippen LogP contribution in [-0.4, -0.2) is 6.54 Å². The lowest BCUT2D eigenvalue weighted by Crippen LogP contribution is -2.24. The number of nitrogens with one attached hydrogen (secondary N) is 1. The highest BCUT2D eigenvalue weighted by Gasteiger charge is 2.15. The maximum atomic E-state index is 13.0. The molecule has 1 atom stereocenters. The molecule has 1 N–H and O–H groups in total. The molecule has 1 unspecified atom stereocenters. The van der Waals surface area contributed by atoms with Crippen LogP contribution in [0.15, 0.2) is 42.5 Å². The van der Waals surface area contributed by atoms with Gasteiger partial charge in [-0.3, -0.25) is 0 Å². The minimum absolute atomic E-state index is 0.182. The summed E-state index contributed by atoms with van der Waals surface area (Å²) in [5, 5.41) is 3.53. The van der Waals surface area contributed by atoms with Gasteiger partial charge in [-0.2, -0.15) is 0 Å². The van der Waals surface area contributed by atoms with Crippen molar-refractivity contribution in [3.8, 4) is 0 Å². The molecule has 20 heavy (non-hydrogen) atoms. The first-order valence-electron chi connectivity index (χ1n) is 6.84. The van der Waals surface area contributed by atoms with E-state index in [0.29, 0.717) is 0 Å². The van der Waals surface area contributed by atoms with Crippen molar-refractivity contribution in [3.05, 3.63) is 68.5 Å². The van der Waals surface area contributed by atoms with Crippen LogP contribution in [0.4, 0.5) is 4.39 Å². The third-order valence-corrected chi connectivity index (χ3v) is 4.87. The Morgan fingerprint density at radius 3 is 2.50 bits per heavy atom. The smallest absolute Gasteiger partial charge is 0.123 e. The number of aryl methyl sites for hydroxylation is 1. The summed E-state index contributed by atoms with van der Waals surface area (Å²) >= 11 is 2.41. The normalized spacial score (nSPS) is 12.4. The standard InChI is InChI=1S/C17H19FIN/c1-3-20-16(11-13-7-9-14(18)10-8-13)15-6-4-5-12(2)17(15)19/h4-10,16,20H,3,11H2,1-2H3. The number of benzene rings is 2. The average molecular weight is 383 g/mol. The van der Waals surface area contributed by atoms with Gasteiger partial charge < -0.3 is 5.32 Å². The lowest BCUT2D eigenvalue weighted by molar-refractivity contribution is 0.546. The van der Waals surface area contributed by atoms with Crippen molar-refractivity contribution in [3.63, 3.8) is 0 Å². The van der Waals surface area contributed by atoms with Gasteiger partial charge in [0.05, 0.1) is 0 Å². The fourth-order valence-corrected chi connectivity index (χ4v) is 3.07. The van der Waals surface area contributed by atoms with E-state index in [0.717, 1.165) is 18.5 Å². The van der Waals surface area contributed by atoms with Gasteiger partial charge in [0.15, 0.2) is 0 Å². The summed E-state index contributed by atoms with van der Waals surface area (Å²) in [5.41, 5.74) is 3.76. The molecule has 0 amide bonds. The Hall–Kier alpha value is -0.940. The summed E-state index contributed by atoms with van der Waals surface area (Å²) in [5.74, 6) is -0.182. The van der Waals surface area contributed by atoms with E-state index in [2.05, 4.69) is 60.0 Å². The Morgan fingerprint density at radius 1 is 1.15 bits per heavy atom. The maximum absolute atomic E-state index is 13.0. The molecule has 0 saturated carbocycles. The quantitative estimate of drug-likeness (QED) is 0.743. The molecule has 2 aromatic rings. The fourth-order valence-electron chi connectivity index (χ4n) is 2.33. The number of likely N-dealkylation sites (N-methyl/N-ethyl adjacent to an activating group) is 1. The zero-order valence-corrected chi connectivity index (χ0v) is 13.9. The monoisotopic (exact) mass is 383 g/mol. The van der Waals surface area contributed by atoms with Crippen LogP contribution in [0, 0.1) is 16.3 Å². The first kappa shape index (κ1) is 15.4. The SMILES string of the molecule is CCNC(Cc1ccc(F)cc1)c1cccc(C)c1I. The van der Waals surface area contributed by atoms with E-state index in [1.54, 1.807) is 0 Å². The van der Waals surface area contributed by atoms with Gasteiger partial charge in [0.2, 0.25) is 0 Å². The Morgan fingerprint density at radius 2 is 1.85 bits per heavy atom. The van der Waals surface area contributed by atoms with E-state index >= 15 is 0 Å². The highest BCUT2D eigenvalue weighted by atomic mass is 127. The van der Waals surface area contributed by atoms with Crippen molar-refractivity contribution in [1.82, 2.24) is 5.32 Å². The second kappa shape index (κ2) is 7.18. The summed E-state index contributed by atoms with van der Waals surface area (Å²) in [6.07, 6.45) is 0.869. The molecule has 0 spiro atoms.